The standard InChI is InChI=1S/C12H24N2O4Si/c1-5-7-8-10(6-2)9-17-11(15)13-14-12(16)18-19(3)4/h10,19H,5-9H2,1-4H3. The fourth-order valence-electron chi connectivity index (χ4n) is 1.42. The van der Waals surface area contributed by atoms with E-state index in [1.165, 1.54) is 0 Å². The number of hydrogen-bond donors (Lipinski definition) is 0. The van der Waals surface area contributed by atoms with Crippen LogP contribution in [0.15, 0.2) is 10.2 Å². The molecule has 2 amide bonds. The molecule has 0 aromatic heterocycles. The SMILES string of the molecule is CCCCC(CC)COC(=O)N=NC(=O)O[SiH](C)C. The van der Waals surface area contributed by atoms with E-state index >= 15 is 0 Å². The summed E-state index contributed by atoms with van der Waals surface area (Å²) in [6.45, 7) is 8.15. The Morgan fingerprint density at radius 3 is 2.32 bits per heavy atom. The smallest absolute Gasteiger partial charge is 0.452 e. The molecule has 0 fully saturated rings. The maximum absolute atomic E-state index is 11.2. The van der Waals surface area contributed by atoms with Crippen LogP contribution in [-0.4, -0.2) is 27.8 Å². The fourth-order valence-corrected chi connectivity index (χ4v) is 1.87. The molecule has 0 aromatic carbocycles. The van der Waals surface area contributed by atoms with Gasteiger partial charge in [0.2, 0.25) is 9.04 Å². The van der Waals surface area contributed by atoms with Crippen molar-refractivity contribution in [2.75, 3.05) is 6.61 Å². The van der Waals surface area contributed by atoms with E-state index in [1.807, 2.05) is 13.1 Å². The number of nitrogens with zero attached hydrogens (tertiary/aromatic N) is 2. The molecule has 0 bridgehead atoms. The van der Waals surface area contributed by atoms with Crippen LogP contribution in [0.3, 0.4) is 0 Å². The van der Waals surface area contributed by atoms with Gasteiger partial charge in [0.05, 0.1) is 6.61 Å². The van der Waals surface area contributed by atoms with Gasteiger partial charge in [0.25, 0.3) is 0 Å². The molecule has 0 aliphatic heterocycles. The Hall–Kier alpha value is -1.24. The van der Waals surface area contributed by atoms with Crippen LogP contribution in [0.1, 0.15) is 39.5 Å². The van der Waals surface area contributed by atoms with Gasteiger partial charge in [0.15, 0.2) is 0 Å². The molecule has 0 rings (SSSR count). The quantitative estimate of drug-likeness (QED) is 0.525. The fraction of sp³-hybridized carbons (Fsp3) is 0.833. The lowest BCUT2D eigenvalue weighted by Gasteiger charge is -2.12. The second kappa shape index (κ2) is 10.7. The minimum Gasteiger partial charge on any atom is -0.504 e. The molecular weight excluding hydrogens is 264 g/mol. The lowest BCUT2D eigenvalue weighted by Crippen LogP contribution is -2.13. The minimum atomic E-state index is -1.50. The summed E-state index contributed by atoms with van der Waals surface area (Å²) in [7, 11) is -1.50. The molecule has 0 aromatic rings. The highest BCUT2D eigenvalue weighted by Crippen LogP contribution is 2.13. The van der Waals surface area contributed by atoms with Crippen molar-refractivity contribution in [3.8, 4) is 0 Å². The van der Waals surface area contributed by atoms with Crippen molar-refractivity contribution in [2.24, 2.45) is 16.1 Å². The van der Waals surface area contributed by atoms with E-state index in [0.717, 1.165) is 25.7 Å². The molecule has 1 atom stereocenters. The number of amides is 2. The third-order valence-electron chi connectivity index (χ3n) is 2.54. The average Bonchev–Trinajstić information content (AvgIpc) is 2.35. The van der Waals surface area contributed by atoms with Crippen LogP contribution in [0.5, 0.6) is 0 Å². The molecule has 0 radical (unpaired) electrons. The summed E-state index contributed by atoms with van der Waals surface area (Å²) in [6.07, 6.45) is 2.55. The Morgan fingerprint density at radius 1 is 1.16 bits per heavy atom. The molecular formula is C12H24N2O4Si. The van der Waals surface area contributed by atoms with Gasteiger partial charge in [0.1, 0.15) is 0 Å². The van der Waals surface area contributed by atoms with E-state index in [4.69, 9.17) is 9.16 Å². The Balaban J connectivity index is 3.96. The molecule has 6 nitrogen and oxygen atoms in total. The van der Waals surface area contributed by atoms with Crippen molar-refractivity contribution in [1.82, 2.24) is 0 Å². The lowest BCUT2D eigenvalue weighted by atomic mass is 10.0. The summed E-state index contributed by atoms with van der Waals surface area (Å²) in [5.41, 5.74) is 0. The third kappa shape index (κ3) is 10.4. The lowest BCUT2D eigenvalue weighted by molar-refractivity contribution is 0.130. The summed E-state index contributed by atoms with van der Waals surface area (Å²) in [5, 5.41) is 6.33. The number of unbranched alkanes of at least 4 members (excludes halogenated alkanes) is 1. The predicted octanol–water partition coefficient (Wildman–Crippen LogP) is 3.91. The molecule has 0 N–H and O–H groups in total. The molecule has 7 heteroatoms. The summed E-state index contributed by atoms with van der Waals surface area (Å²) >= 11 is 0. The molecule has 0 aliphatic carbocycles. The van der Waals surface area contributed by atoms with Crippen molar-refractivity contribution in [3.05, 3.63) is 0 Å². The van der Waals surface area contributed by atoms with Crippen molar-refractivity contribution >= 4 is 21.2 Å². The van der Waals surface area contributed by atoms with Crippen LogP contribution in [0.2, 0.25) is 13.1 Å². The number of hydrogen-bond acceptors (Lipinski definition) is 4. The highest BCUT2D eigenvalue weighted by atomic mass is 28.3. The van der Waals surface area contributed by atoms with Crippen molar-refractivity contribution < 1.29 is 18.8 Å². The minimum absolute atomic E-state index is 0.322. The second-order valence-corrected chi connectivity index (χ2v) is 6.96. The second-order valence-electron chi connectivity index (χ2n) is 4.63. The Kier molecular flexibility index (Phi) is 9.96. The van der Waals surface area contributed by atoms with E-state index < -0.39 is 21.2 Å². The normalized spacial score (nSPS) is 12.7. The maximum atomic E-state index is 11.2. The zero-order valence-electron chi connectivity index (χ0n) is 12.2. The van der Waals surface area contributed by atoms with Gasteiger partial charge in [-0.3, -0.25) is 0 Å². The van der Waals surface area contributed by atoms with E-state index in [0.29, 0.717) is 12.5 Å². The van der Waals surface area contributed by atoms with Gasteiger partial charge in [-0.15, -0.1) is 0 Å². The van der Waals surface area contributed by atoms with Crippen LogP contribution in [-0.2, 0) is 9.16 Å². The number of azo groups is 1. The van der Waals surface area contributed by atoms with E-state index in [1.54, 1.807) is 0 Å². The largest absolute Gasteiger partial charge is 0.504 e. The Morgan fingerprint density at radius 2 is 1.79 bits per heavy atom. The zero-order chi connectivity index (χ0) is 14.7. The monoisotopic (exact) mass is 288 g/mol. The highest BCUT2D eigenvalue weighted by molar-refractivity contribution is 6.50. The van der Waals surface area contributed by atoms with Gasteiger partial charge >= 0.3 is 12.2 Å². The summed E-state index contributed by atoms with van der Waals surface area (Å²) in [4.78, 5) is 22.3. The number of carbonyl (C=O) groups excluding carboxylic acids is 2. The first kappa shape index (κ1) is 17.8. The van der Waals surface area contributed by atoms with Gasteiger partial charge in [-0.25, -0.2) is 9.59 Å². The Labute approximate surface area is 116 Å². The van der Waals surface area contributed by atoms with Crippen LogP contribution < -0.4 is 0 Å². The van der Waals surface area contributed by atoms with Gasteiger partial charge < -0.3 is 9.16 Å². The molecule has 110 valence electrons. The molecule has 0 aliphatic rings. The first-order chi connectivity index (χ1) is 8.99. The zero-order valence-corrected chi connectivity index (χ0v) is 13.4. The molecule has 0 saturated carbocycles. The van der Waals surface area contributed by atoms with Crippen molar-refractivity contribution in [2.45, 2.75) is 52.6 Å². The van der Waals surface area contributed by atoms with Gasteiger partial charge in [-0.2, -0.15) is 0 Å². The topological polar surface area (TPSA) is 77.3 Å². The third-order valence-corrected chi connectivity index (χ3v) is 3.21. The van der Waals surface area contributed by atoms with Crippen LogP contribution in [0.25, 0.3) is 0 Å². The summed E-state index contributed by atoms with van der Waals surface area (Å²) in [5.74, 6) is 0.342. The number of ether oxygens (including phenoxy) is 1. The van der Waals surface area contributed by atoms with E-state index in [9.17, 15) is 9.59 Å². The van der Waals surface area contributed by atoms with Gasteiger partial charge in [-0.05, 0) is 25.4 Å². The van der Waals surface area contributed by atoms with E-state index in [-0.39, 0.29) is 0 Å². The van der Waals surface area contributed by atoms with E-state index in [2.05, 4.69) is 24.1 Å². The number of rotatable bonds is 7. The molecule has 0 saturated heterocycles. The molecule has 0 heterocycles. The summed E-state index contributed by atoms with van der Waals surface area (Å²) < 4.78 is 9.78. The highest BCUT2D eigenvalue weighted by Gasteiger charge is 2.10. The summed E-state index contributed by atoms with van der Waals surface area (Å²) in [6, 6.07) is 0. The predicted molar refractivity (Wildman–Crippen MR) is 74.9 cm³/mol. The molecule has 0 spiro atoms. The maximum Gasteiger partial charge on any atom is 0.452 e. The van der Waals surface area contributed by atoms with Crippen LogP contribution in [0, 0.1) is 5.92 Å². The van der Waals surface area contributed by atoms with Gasteiger partial charge in [0, 0.05) is 0 Å². The number of carbonyl (C=O) groups is 2. The van der Waals surface area contributed by atoms with Crippen molar-refractivity contribution in [3.63, 3.8) is 0 Å². The van der Waals surface area contributed by atoms with Crippen molar-refractivity contribution in [1.29, 1.82) is 0 Å². The molecule has 1 unspecified atom stereocenters. The Bertz CT molecular complexity index is 308. The van der Waals surface area contributed by atoms with Crippen LogP contribution in [0.4, 0.5) is 9.59 Å². The van der Waals surface area contributed by atoms with Crippen LogP contribution >= 0.6 is 0 Å². The van der Waals surface area contributed by atoms with Gasteiger partial charge in [-0.1, -0.05) is 43.3 Å². The molecule has 19 heavy (non-hydrogen) atoms. The first-order valence-corrected chi connectivity index (χ1v) is 9.56. The first-order valence-electron chi connectivity index (χ1n) is 6.78. The average molecular weight is 288 g/mol.